The van der Waals surface area contributed by atoms with Crippen molar-refractivity contribution < 1.29 is 14.3 Å². The lowest BCUT2D eigenvalue weighted by molar-refractivity contribution is -0.111. The number of amides is 1. The van der Waals surface area contributed by atoms with Gasteiger partial charge in [-0.1, -0.05) is 24.8 Å². The van der Waals surface area contributed by atoms with E-state index in [1.807, 2.05) is 12.1 Å². The molecule has 2 aromatic carbocycles. The topological polar surface area (TPSA) is 87.2 Å². The minimum absolute atomic E-state index is 0.266. The fraction of sp³-hybridized carbons (Fsp3) is 0.308. The molecule has 1 unspecified atom stereocenters. The number of nitrogens with one attached hydrogen (secondary N) is 3. The average Bonchev–Trinajstić information content (AvgIpc) is 3.35. The molecule has 182 valence electrons. The van der Waals surface area contributed by atoms with Gasteiger partial charge in [-0.05, 0) is 42.3 Å². The molecule has 3 aliphatic heterocycles. The van der Waals surface area contributed by atoms with Crippen LogP contribution in [0.5, 0.6) is 5.75 Å². The number of morpholine rings is 1. The molecular formula is C26H29N5O3S. The van der Waals surface area contributed by atoms with Gasteiger partial charge in [0.15, 0.2) is 6.29 Å². The van der Waals surface area contributed by atoms with E-state index >= 15 is 0 Å². The Bertz CT molecular complexity index is 1140. The quantitative estimate of drug-likeness (QED) is 0.508. The summed E-state index contributed by atoms with van der Waals surface area (Å²) < 4.78 is 11.6. The number of aliphatic imine (C=N–C) groups is 1. The van der Waals surface area contributed by atoms with Crippen molar-refractivity contribution in [3.8, 4) is 5.75 Å². The monoisotopic (exact) mass is 491 g/mol. The maximum absolute atomic E-state index is 11.6. The number of rotatable bonds is 7. The summed E-state index contributed by atoms with van der Waals surface area (Å²) in [5.41, 5.74) is 4.04. The third-order valence-corrected chi connectivity index (χ3v) is 7.01. The number of carbonyl (C=O) groups excluding carboxylic acids is 1. The summed E-state index contributed by atoms with van der Waals surface area (Å²) in [6, 6.07) is 15.8. The molecular weight excluding hydrogens is 462 g/mol. The Balaban J connectivity index is 1.26. The Kier molecular flexibility index (Phi) is 7.37. The van der Waals surface area contributed by atoms with E-state index in [4.69, 9.17) is 14.5 Å². The molecule has 0 radical (unpaired) electrons. The first-order valence-electron chi connectivity index (χ1n) is 11.7. The molecule has 3 heterocycles. The van der Waals surface area contributed by atoms with Crippen molar-refractivity contribution in [2.75, 3.05) is 42.7 Å². The summed E-state index contributed by atoms with van der Waals surface area (Å²) in [6.45, 7) is 7.98. The maximum atomic E-state index is 11.6. The third kappa shape index (κ3) is 6.05. The lowest BCUT2D eigenvalue weighted by Crippen LogP contribution is -2.39. The fourth-order valence-electron chi connectivity index (χ4n) is 4.12. The molecule has 1 atom stereocenters. The van der Waals surface area contributed by atoms with Crippen molar-refractivity contribution in [2.45, 2.75) is 19.3 Å². The van der Waals surface area contributed by atoms with Gasteiger partial charge >= 0.3 is 0 Å². The molecule has 1 saturated heterocycles. The number of benzene rings is 2. The molecule has 1 amide bonds. The lowest BCUT2D eigenvalue weighted by atomic mass is 10.2. The molecule has 0 bridgehead atoms. The van der Waals surface area contributed by atoms with E-state index in [9.17, 15) is 4.79 Å². The SMILES string of the molecule is C=CC(=O)Nc1cccc(OC2=NC(Nc3ccc(CN4CCOCC4)cc3)NC3=C2SCC3)c1. The van der Waals surface area contributed by atoms with Gasteiger partial charge in [-0.2, -0.15) is 0 Å². The van der Waals surface area contributed by atoms with Crippen LogP contribution in [0.3, 0.4) is 0 Å². The number of anilines is 2. The number of ether oxygens (including phenoxy) is 2. The fourth-order valence-corrected chi connectivity index (χ4v) is 5.19. The van der Waals surface area contributed by atoms with Crippen molar-refractivity contribution in [3.05, 3.63) is 77.4 Å². The van der Waals surface area contributed by atoms with Gasteiger partial charge in [0.05, 0.1) is 18.1 Å². The Morgan fingerprint density at radius 3 is 2.86 bits per heavy atom. The van der Waals surface area contributed by atoms with Crippen LogP contribution in [0, 0.1) is 0 Å². The van der Waals surface area contributed by atoms with Gasteiger partial charge < -0.3 is 25.4 Å². The van der Waals surface area contributed by atoms with Crippen LogP contribution < -0.4 is 20.7 Å². The highest BCUT2D eigenvalue weighted by Gasteiger charge is 2.29. The van der Waals surface area contributed by atoms with Crippen molar-refractivity contribution in [1.82, 2.24) is 10.2 Å². The van der Waals surface area contributed by atoms with Crippen LogP contribution in [0.15, 0.2) is 76.8 Å². The minimum Gasteiger partial charge on any atom is -0.438 e. The number of hydrogen-bond acceptors (Lipinski definition) is 8. The summed E-state index contributed by atoms with van der Waals surface area (Å²) in [5.74, 6) is 1.91. The van der Waals surface area contributed by atoms with Gasteiger partial charge in [-0.3, -0.25) is 9.69 Å². The molecule has 3 N–H and O–H groups in total. The van der Waals surface area contributed by atoms with Crippen LogP contribution in [0.1, 0.15) is 12.0 Å². The van der Waals surface area contributed by atoms with Gasteiger partial charge in [-0.25, -0.2) is 4.99 Å². The minimum atomic E-state index is -0.337. The van der Waals surface area contributed by atoms with Crippen LogP contribution in [0.2, 0.25) is 0 Å². The maximum Gasteiger partial charge on any atom is 0.247 e. The Morgan fingerprint density at radius 2 is 2.06 bits per heavy atom. The van der Waals surface area contributed by atoms with Crippen molar-refractivity contribution in [1.29, 1.82) is 0 Å². The Labute approximate surface area is 209 Å². The van der Waals surface area contributed by atoms with E-state index in [0.717, 1.165) is 61.3 Å². The zero-order chi connectivity index (χ0) is 24.0. The number of nitrogens with zero attached hydrogens (tertiary/aromatic N) is 2. The van der Waals surface area contributed by atoms with E-state index < -0.39 is 0 Å². The first-order chi connectivity index (χ1) is 17.2. The molecule has 3 aliphatic rings. The predicted molar refractivity (Wildman–Crippen MR) is 141 cm³/mol. The molecule has 0 spiro atoms. The van der Waals surface area contributed by atoms with Crippen molar-refractivity contribution in [2.24, 2.45) is 4.99 Å². The molecule has 5 rings (SSSR count). The van der Waals surface area contributed by atoms with Gasteiger partial charge in [0.25, 0.3) is 0 Å². The molecule has 35 heavy (non-hydrogen) atoms. The molecule has 0 aliphatic carbocycles. The summed E-state index contributed by atoms with van der Waals surface area (Å²) in [4.78, 5) is 19.9. The van der Waals surface area contributed by atoms with Crippen molar-refractivity contribution >= 4 is 34.9 Å². The molecule has 9 heteroatoms. The van der Waals surface area contributed by atoms with Crippen LogP contribution in [-0.2, 0) is 16.1 Å². The van der Waals surface area contributed by atoms with E-state index in [1.165, 1.54) is 11.6 Å². The number of allylic oxidation sites excluding steroid dienone is 1. The molecule has 0 saturated carbocycles. The summed E-state index contributed by atoms with van der Waals surface area (Å²) >= 11 is 1.74. The highest BCUT2D eigenvalue weighted by molar-refractivity contribution is 8.04. The van der Waals surface area contributed by atoms with Gasteiger partial charge in [0.2, 0.25) is 11.8 Å². The number of thioether (sulfide) groups is 1. The highest BCUT2D eigenvalue weighted by atomic mass is 32.2. The Hall–Kier alpha value is -3.27. The highest BCUT2D eigenvalue weighted by Crippen LogP contribution is 2.35. The molecule has 1 fully saturated rings. The standard InChI is InChI=1S/C26H29N5O3S/c1-2-23(32)27-20-4-3-5-21(16-20)34-25-24-22(10-15-35-24)29-26(30-25)28-19-8-6-18(7-9-19)17-31-11-13-33-14-12-31/h2-9,16,26,28-29H,1,10-15,17H2,(H,27,32). The second-order valence-corrected chi connectivity index (χ2v) is 9.55. The third-order valence-electron chi connectivity index (χ3n) is 5.89. The second kappa shape index (κ2) is 11.0. The number of hydrogen-bond donors (Lipinski definition) is 3. The zero-order valence-corrected chi connectivity index (χ0v) is 20.3. The average molecular weight is 492 g/mol. The Morgan fingerprint density at radius 1 is 1.23 bits per heavy atom. The van der Waals surface area contributed by atoms with Crippen LogP contribution >= 0.6 is 11.8 Å². The largest absolute Gasteiger partial charge is 0.438 e. The number of carbonyl (C=O) groups is 1. The van der Waals surface area contributed by atoms with E-state index in [-0.39, 0.29) is 12.2 Å². The lowest BCUT2D eigenvalue weighted by Gasteiger charge is -2.27. The normalized spacial score (nSPS) is 19.9. The van der Waals surface area contributed by atoms with Gasteiger partial charge in [-0.15, -0.1) is 11.8 Å². The van der Waals surface area contributed by atoms with Gasteiger partial charge in [0, 0.05) is 48.5 Å². The van der Waals surface area contributed by atoms with Crippen molar-refractivity contribution in [3.63, 3.8) is 0 Å². The first-order valence-corrected chi connectivity index (χ1v) is 12.7. The second-order valence-electron chi connectivity index (χ2n) is 8.44. The van der Waals surface area contributed by atoms with Gasteiger partial charge in [0.1, 0.15) is 5.75 Å². The first kappa shape index (κ1) is 23.5. The summed E-state index contributed by atoms with van der Waals surface area (Å²) in [7, 11) is 0. The van der Waals surface area contributed by atoms with Crippen LogP contribution in [0.25, 0.3) is 0 Å². The van der Waals surface area contributed by atoms with E-state index in [1.54, 1.807) is 23.9 Å². The molecule has 8 nitrogen and oxygen atoms in total. The predicted octanol–water partition coefficient (Wildman–Crippen LogP) is 3.77. The summed E-state index contributed by atoms with van der Waals surface area (Å²) in [6.07, 6.45) is 1.84. The van der Waals surface area contributed by atoms with E-state index in [0.29, 0.717) is 17.3 Å². The van der Waals surface area contributed by atoms with E-state index in [2.05, 4.69) is 51.7 Å². The summed E-state index contributed by atoms with van der Waals surface area (Å²) in [5, 5.41) is 9.72. The zero-order valence-electron chi connectivity index (χ0n) is 19.5. The molecule has 2 aromatic rings. The van der Waals surface area contributed by atoms with Crippen LogP contribution in [-0.4, -0.2) is 55.1 Å². The smallest absolute Gasteiger partial charge is 0.247 e. The van der Waals surface area contributed by atoms with Crippen LogP contribution in [0.4, 0.5) is 11.4 Å². The molecule has 0 aromatic heterocycles.